The lowest BCUT2D eigenvalue weighted by Crippen LogP contribution is -2.24. The van der Waals surface area contributed by atoms with Crippen LogP contribution in [0.25, 0.3) is 0 Å². The van der Waals surface area contributed by atoms with Gasteiger partial charge in [0, 0.05) is 20.6 Å². The quantitative estimate of drug-likeness (QED) is 0.686. The predicted molar refractivity (Wildman–Crippen MR) is 88.3 cm³/mol. The average Bonchev–Trinajstić information content (AvgIpc) is 2.41. The number of likely N-dealkylation sites (N-methyl/N-ethyl adjacent to an activating group) is 1. The summed E-state index contributed by atoms with van der Waals surface area (Å²) in [6.07, 6.45) is 0.564. The van der Waals surface area contributed by atoms with Crippen LogP contribution in [-0.4, -0.2) is 6.54 Å². The molecule has 0 saturated heterocycles. The summed E-state index contributed by atoms with van der Waals surface area (Å²) >= 11 is 6.77. The van der Waals surface area contributed by atoms with E-state index in [1.165, 1.54) is 18.2 Å². The molecule has 0 fully saturated rings. The molecular formula is C16H15Br2F2N. The molecular weight excluding hydrogens is 404 g/mol. The number of hydrogen-bond donors (Lipinski definition) is 1. The van der Waals surface area contributed by atoms with Gasteiger partial charge in [-0.15, -0.1) is 0 Å². The first-order valence-corrected chi connectivity index (χ1v) is 8.22. The molecule has 0 saturated carbocycles. The van der Waals surface area contributed by atoms with Gasteiger partial charge in [-0.3, -0.25) is 0 Å². The van der Waals surface area contributed by atoms with Crippen molar-refractivity contribution in [2.24, 2.45) is 0 Å². The normalized spacial score (nSPS) is 12.4. The Balaban J connectivity index is 2.35. The van der Waals surface area contributed by atoms with E-state index in [2.05, 4.69) is 37.2 Å². The zero-order valence-electron chi connectivity index (χ0n) is 11.5. The van der Waals surface area contributed by atoms with Crippen LogP contribution >= 0.6 is 31.9 Å². The lowest BCUT2D eigenvalue weighted by Gasteiger charge is -2.21. The number of halogens is 4. The van der Waals surface area contributed by atoms with E-state index in [4.69, 9.17) is 0 Å². The van der Waals surface area contributed by atoms with Crippen LogP contribution < -0.4 is 5.32 Å². The summed E-state index contributed by atoms with van der Waals surface area (Å²) in [4.78, 5) is 0. The molecule has 1 N–H and O–H groups in total. The van der Waals surface area contributed by atoms with Gasteiger partial charge in [-0.25, -0.2) is 8.78 Å². The minimum atomic E-state index is -0.294. The number of benzene rings is 2. The minimum Gasteiger partial charge on any atom is -0.310 e. The molecule has 2 rings (SSSR count). The number of nitrogens with one attached hydrogen (secondary N) is 1. The second-order valence-electron chi connectivity index (χ2n) is 4.69. The highest BCUT2D eigenvalue weighted by Gasteiger charge is 2.19. The molecule has 0 bridgehead atoms. The highest BCUT2D eigenvalue weighted by Crippen LogP contribution is 2.30. The van der Waals surface area contributed by atoms with Crippen LogP contribution in [0.4, 0.5) is 8.78 Å². The Morgan fingerprint density at radius 2 is 1.86 bits per heavy atom. The Bertz CT molecular complexity index is 611. The summed E-state index contributed by atoms with van der Waals surface area (Å²) in [7, 11) is 0. The van der Waals surface area contributed by atoms with Crippen LogP contribution in [0.1, 0.15) is 24.1 Å². The number of hydrogen-bond acceptors (Lipinski definition) is 1. The summed E-state index contributed by atoms with van der Waals surface area (Å²) < 4.78 is 28.7. The molecule has 112 valence electrons. The molecule has 21 heavy (non-hydrogen) atoms. The fraction of sp³-hybridized carbons (Fsp3) is 0.250. The maximum absolute atomic E-state index is 14.1. The van der Waals surface area contributed by atoms with Crippen LogP contribution in [0.5, 0.6) is 0 Å². The lowest BCUT2D eigenvalue weighted by molar-refractivity contribution is 0.506. The first kappa shape index (κ1) is 16.6. The van der Waals surface area contributed by atoms with E-state index in [1.54, 1.807) is 12.1 Å². The van der Waals surface area contributed by atoms with Gasteiger partial charge in [0.1, 0.15) is 11.6 Å². The van der Waals surface area contributed by atoms with Crippen molar-refractivity contribution < 1.29 is 8.78 Å². The third kappa shape index (κ3) is 4.11. The van der Waals surface area contributed by atoms with Gasteiger partial charge in [0.25, 0.3) is 0 Å². The maximum atomic E-state index is 14.1. The second-order valence-corrected chi connectivity index (χ2v) is 6.39. The number of rotatable bonds is 5. The highest BCUT2D eigenvalue weighted by molar-refractivity contribution is 9.10. The Morgan fingerprint density at radius 3 is 2.48 bits per heavy atom. The van der Waals surface area contributed by atoms with Gasteiger partial charge in [-0.05, 0) is 42.8 Å². The van der Waals surface area contributed by atoms with Crippen molar-refractivity contribution in [3.63, 3.8) is 0 Å². The van der Waals surface area contributed by atoms with Gasteiger partial charge in [-0.1, -0.05) is 50.9 Å². The van der Waals surface area contributed by atoms with Crippen molar-refractivity contribution in [2.75, 3.05) is 6.54 Å². The fourth-order valence-electron chi connectivity index (χ4n) is 2.27. The third-order valence-electron chi connectivity index (χ3n) is 3.24. The molecule has 1 unspecified atom stereocenters. The van der Waals surface area contributed by atoms with Crippen molar-refractivity contribution in [2.45, 2.75) is 19.4 Å². The second kappa shape index (κ2) is 7.47. The molecule has 5 heteroatoms. The predicted octanol–water partition coefficient (Wildman–Crippen LogP) is 5.38. The van der Waals surface area contributed by atoms with Gasteiger partial charge in [-0.2, -0.15) is 0 Å². The zero-order chi connectivity index (χ0) is 15.4. The summed E-state index contributed by atoms with van der Waals surface area (Å²) in [6.45, 7) is 2.69. The molecule has 2 aromatic carbocycles. The SMILES string of the molecule is CCNC(Cc1ccc(F)cc1Br)c1c(F)cccc1Br. The van der Waals surface area contributed by atoms with Crippen molar-refractivity contribution >= 4 is 31.9 Å². The van der Waals surface area contributed by atoms with E-state index in [9.17, 15) is 8.78 Å². The van der Waals surface area contributed by atoms with Crippen LogP contribution in [0, 0.1) is 11.6 Å². The maximum Gasteiger partial charge on any atom is 0.129 e. The standard InChI is InChI=1S/C16H15Br2F2N/c1-2-21-15(16-12(17)4-3-5-14(16)20)8-10-6-7-11(19)9-13(10)18/h3-7,9,15,21H,2,8H2,1H3. The molecule has 0 aromatic heterocycles. The first-order chi connectivity index (χ1) is 10.0. The van der Waals surface area contributed by atoms with E-state index < -0.39 is 0 Å². The van der Waals surface area contributed by atoms with Gasteiger partial charge in [0.2, 0.25) is 0 Å². The zero-order valence-corrected chi connectivity index (χ0v) is 14.6. The third-order valence-corrected chi connectivity index (χ3v) is 4.67. The molecule has 0 radical (unpaired) electrons. The molecule has 1 atom stereocenters. The first-order valence-electron chi connectivity index (χ1n) is 6.64. The molecule has 0 aliphatic carbocycles. The lowest BCUT2D eigenvalue weighted by atomic mass is 9.98. The smallest absolute Gasteiger partial charge is 0.129 e. The van der Waals surface area contributed by atoms with Gasteiger partial charge < -0.3 is 5.32 Å². The molecule has 0 aliphatic heterocycles. The van der Waals surface area contributed by atoms with Crippen LogP contribution in [0.3, 0.4) is 0 Å². The molecule has 2 aromatic rings. The Morgan fingerprint density at radius 1 is 1.10 bits per heavy atom. The molecule has 0 amide bonds. The van der Waals surface area contributed by atoms with Crippen LogP contribution in [0.2, 0.25) is 0 Å². The van der Waals surface area contributed by atoms with E-state index >= 15 is 0 Å². The summed E-state index contributed by atoms with van der Waals surface area (Å²) in [5.74, 6) is -0.550. The Kier molecular flexibility index (Phi) is 5.90. The van der Waals surface area contributed by atoms with Gasteiger partial charge in [0.15, 0.2) is 0 Å². The molecule has 0 spiro atoms. The van der Waals surface area contributed by atoms with Crippen molar-refractivity contribution in [3.8, 4) is 0 Å². The van der Waals surface area contributed by atoms with Crippen LogP contribution in [-0.2, 0) is 6.42 Å². The van der Waals surface area contributed by atoms with Crippen molar-refractivity contribution in [1.82, 2.24) is 5.32 Å². The molecule has 1 nitrogen and oxygen atoms in total. The van der Waals surface area contributed by atoms with E-state index in [0.29, 0.717) is 23.0 Å². The summed E-state index contributed by atoms with van der Waals surface area (Å²) in [5, 5.41) is 3.29. The molecule has 0 heterocycles. The highest BCUT2D eigenvalue weighted by atomic mass is 79.9. The molecule has 0 aliphatic rings. The van der Waals surface area contributed by atoms with Crippen LogP contribution in [0.15, 0.2) is 45.3 Å². The van der Waals surface area contributed by atoms with Crippen molar-refractivity contribution in [1.29, 1.82) is 0 Å². The van der Waals surface area contributed by atoms with Crippen molar-refractivity contribution in [3.05, 3.63) is 68.1 Å². The summed E-state index contributed by atoms with van der Waals surface area (Å²) in [5.41, 5.74) is 1.52. The largest absolute Gasteiger partial charge is 0.310 e. The fourth-order valence-corrected chi connectivity index (χ4v) is 3.40. The Labute approximate surface area is 140 Å². The average molecular weight is 419 g/mol. The summed E-state index contributed by atoms with van der Waals surface area (Å²) in [6, 6.07) is 9.31. The van der Waals surface area contributed by atoms with Gasteiger partial charge in [0.05, 0.1) is 0 Å². The topological polar surface area (TPSA) is 12.0 Å². The van der Waals surface area contributed by atoms with E-state index in [-0.39, 0.29) is 17.7 Å². The monoisotopic (exact) mass is 417 g/mol. The van der Waals surface area contributed by atoms with Gasteiger partial charge >= 0.3 is 0 Å². The van der Waals surface area contributed by atoms with E-state index in [0.717, 1.165) is 10.0 Å². The Hall–Kier alpha value is -0.780. The minimum absolute atomic E-state index is 0.188. The van der Waals surface area contributed by atoms with E-state index in [1.807, 2.05) is 13.0 Å².